The Bertz CT molecular complexity index is 651. The molecule has 1 aromatic heterocycles. The Morgan fingerprint density at radius 1 is 1.12 bits per heavy atom. The minimum absolute atomic E-state index is 0.137. The third-order valence-corrected chi connectivity index (χ3v) is 4.34. The van der Waals surface area contributed by atoms with Crippen LogP contribution in [0.3, 0.4) is 0 Å². The van der Waals surface area contributed by atoms with Gasteiger partial charge in [0.2, 0.25) is 5.91 Å². The van der Waals surface area contributed by atoms with Gasteiger partial charge in [-0.1, -0.05) is 36.4 Å². The van der Waals surface area contributed by atoms with Gasteiger partial charge in [0.05, 0.1) is 6.04 Å². The minimum Gasteiger partial charge on any atom is -0.357 e. The van der Waals surface area contributed by atoms with Gasteiger partial charge in [-0.05, 0) is 36.5 Å². The van der Waals surface area contributed by atoms with E-state index in [1.807, 2.05) is 48.7 Å². The van der Waals surface area contributed by atoms with Crippen LogP contribution in [-0.2, 0) is 17.8 Å². The van der Waals surface area contributed by atoms with Crippen LogP contribution in [0.1, 0.15) is 24.0 Å². The molecule has 1 aliphatic heterocycles. The fourth-order valence-corrected chi connectivity index (χ4v) is 2.94. The number of hydrogen-bond donors (Lipinski definition) is 2. The van der Waals surface area contributed by atoms with E-state index < -0.39 is 6.04 Å². The quantitative estimate of drug-likeness (QED) is 0.851. The van der Waals surface area contributed by atoms with Crippen molar-refractivity contribution < 1.29 is 4.79 Å². The number of aromatic nitrogens is 1. The number of rotatable bonds is 6. The first kappa shape index (κ1) is 16.5. The molecule has 5 heteroatoms. The van der Waals surface area contributed by atoms with Crippen molar-refractivity contribution in [3.05, 3.63) is 59.8 Å². The van der Waals surface area contributed by atoms with Gasteiger partial charge in [0.1, 0.15) is 5.82 Å². The van der Waals surface area contributed by atoms with Crippen LogP contribution in [0.15, 0.2) is 48.7 Å². The van der Waals surface area contributed by atoms with Crippen LogP contribution in [0.25, 0.3) is 0 Å². The summed E-state index contributed by atoms with van der Waals surface area (Å²) in [7, 11) is 0. The summed E-state index contributed by atoms with van der Waals surface area (Å²) in [6.45, 7) is 2.61. The SMILES string of the molecule is N[C@@H](Cc1ccccc1)C(=O)NCc1ccc(N2CCCC2)nc1. The molecule has 0 unspecified atom stereocenters. The summed E-state index contributed by atoms with van der Waals surface area (Å²) < 4.78 is 0. The zero-order chi connectivity index (χ0) is 16.8. The summed E-state index contributed by atoms with van der Waals surface area (Å²) in [6.07, 6.45) is 4.84. The molecule has 0 saturated carbocycles. The molecule has 1 fully saturated rings. The Hall–Kier alpha value is -2.40. The number of carbonyl (C=O) groups is 1. The van der Waals surface area contributed by atoms with Gasteiger partial charge in [-0.25, -0.2) is 4.98 Å². The van der Waals surface area contributed by atoms with E-state index >= 15 is 0 Å². The summed E-state index contributed by atoms with van der Waals surface area (Å²) in [5, 5.41) is 2.89. The molecular formula is C19H24N4O. The zero-order valence-corrected chi connectivity index (χ0v) is 13.8. The molecule has 1 amide bonds. The van der Waals surface area contributed by atoms with Crippen LogP contribution in [0.5, 0.6) is 0 Å². The average Bonchev–Trinajstić information content (AvgIpc) is 3.15. The second kappa shape index (κ2) is 7.93. The minimum atomic E-state index is -0.538. The third kappa shape index (κ3) is 4.32. The number of nitrogens with two attached hydrogens (primary N) is 1. The summed E-state index contributed by atoms with van der Waals surface area (Å²) in [6, 6.07) is 13.3. The molecule has 1 atom stereocenters. The highest BCUT2D eigenvalue weighted by Gasteiger charge is 2.15. The molecule has 1 saturated heterocycles. The van der Waals surface area contributed by atoms with Crippen molar-refractivity contribution in [2.75, 3.05) is 18.0 Å². The van der Waals surface area contributed by atoms with E-state index in [1.165, 1.54) is 12.8 Å². The normalized spacial score (nSPS) is 15.3. The molecular weight excluding hydrogens is 300 g/mol. The van der Waals surface area contributed by atoms with Crippen molar-refractivity contribution >= 4 is 11.7 Å². The number of nitrogens with zero attached hydrogens (tertiary/aromatic N) is 2. The molecule has 2 aromatic rings. The lowest BCUT2D eigenvalue weighted by molar-refractivity contribution is -0.122. The van der Waals surface area contributed by atoms with Crippen molar-refractivity contribution in [2.24, 2.45) is 5.73 Å². The van der Waals surface area contributed by atoms with Gasteiger partial charge in [-0.15, -0.1) is 0 Å². The second-order valence-corrected chi connectivity index (χ2v) is 6.23. The Kier molecular flexibility index (Phi) is 5.43. The topological polar surface area (TPSA) is 71.2 Å². The van der Waals surface area contributed by atoms with Gasteiger partial charge in [-0.2, -0.15) is 0 Å². The zero-order valence-electron chi connectivity index (χ0n) is 13.8. The first-order valence-electron chi connectivity index (χ1n) is 8.49. The van der Waals surface area contributed by atoms with Crippen molar-refractivity contribution in [3.8, 4) is 0 Å². The van der Waals surface area contributed by atoms with Crippen molar-refractivity contribution in [1.29, 1.82) is 0 Å². The first-order valence-corrected chi connectivity index (χ1v) is 8.49. The monoisotopic (exact) mass is 324 g/mol. The number of hydrogen-bond acceptors (Lipinski definition) is 4. The number of carbonyl (C=O) groups excluding carboxylic acids is 1. The van der Waals surface area contributed by atoms with Crippen LogP contribution in [0.2, 0.25) is 0 Å². The second-order valence-electron chi connectivity index (χ2n) is 6.23. The van der Waals surface area contributed by atoms with Gasteiger partial charge in [0.15, 0.2) is 0 Å². The summed E-state index contributed by atoms with van der Waals surface area (Å²) >= 11 is 0. The Labute approximate surface area is 142 Å². The van der Waals surface area contributed by atoms with E-state index in [1.54, 1.807) is 0 Å². The number of anilines is 1. The molecule has 5 nitrogen and oxygen atoms in total. The van der Waals surface area contributed by atoms with Crippen molar-refractivity contribution in [3.63, 3.8) is 0 Å². The lowest BCUT2D eigenvalue weighted by Crippen LogP contribution is -2.41. The highest BCUT2D eigenvalue weighted by Crippen LogP contribution is 2.17. The van der Waals surface area contributed by atoms with Gasteiger partial charge in [0.25, 0.3) is 0 Å². The fraction of sp³-hybridized carbons (Fsp3) is 0.368. The first-order chi connectivity index (χ1) is 11.7. The predicted molar refractivity (Wildman–Crippen MR) is 95.7 cm³/mol. The molecule has 3 N–H and O–H groups in total. The Balaban J connectivity index is 1.48. The standard InChI is InChI=1S/C19H24N4O/c20-17(12-15-6-2-1-3-7-15)19(24)22-14-16-8-9-18(21-13-16)23-10-4-5-11-23/h1-3,6-9,13,17H,4-5,10-12,14,20H2,(H,22,24)/t17-/m0/s1. The number of nitrogens with one attached hydrogen (secondary N) is 1. The van der Waals surface area contributed by atoms with Crippen LogP contribution in [0, 0.1) is 0 Å². The van der Waals surface area contributed by atoms with E-state index in [0.717, 1.165) is 30.0 Å². The van der Waals surface area contributed by atoms with Gasteiger partial charge >= 0.3 is 0 Å². The summed E-state index contributed by atoms with van der Waals surface area (Å²) in [5.41, 5.74) is 8.04. The summed E-state index contributed by atoms with van der Waals surface area (Å²) in [5.74, 6) is 0.880. The van der Waals surface area contributed by atoms with Crippen molar-refractivity contribution in [1.82, 2.24) is 10.3 Å². The van der Waals surface area contributed by atoms with Gasteiger partial charge in [0, 0.05) is 25.8 Å². The molecule has 0 radical (unpaired) electrons. The highest BCUT2D eigenvalue weighted by molar-refractivity contribution is 5.81. The number of pyridine rings is 1. The van der Waals surface area contributed by atoms with E-state index in [9.17, 15) is 4.79 Å². The largest absolute Gasteiger partial charge is 0.357 e. The summed E-state index contributed by atoms with van der Waals surface area (Å²) in [4.78, 5) is 18.9. The molecule has 1 aliphatic rings. The van der Waals surface area contributed by atoms with Crippen LogP contribution in [-0.4, -0.2) is 30.0 Å². The lowest BCUT2D eigenvalue weighted by atomic mass is 10.1. The van der Waals surface area contributed by atoms with Crippen LogP contribution >= 0.6 is 0 Å². The number of amides is 1. The lowest BCUT2D eigenvalue weighted by Gasteiger charge is -2.16. The average molecular weight is 324 g/mol. The van der Waals surface area contributed by atoms with Crippen LogP contribution in [0.4, 0.5) is 5.82 Å². The van der Waals surface area contributed by atoms with Gasteiger partial charge < -0.3 is 16.0 Å². The molecule has 2 heterocycles. The van der Waals surface area contributed by atoms with Gasteiger partial charge in [-0.3, -0.25) is 4.79 Å². The molecule has 0 spiro atoms. The molecule has 0 aliphatic carbocycles. The molecule has 24 heavy (non-hydrogen) atoms. The highest BCUT2D eigenvalue weighted by atomic mass is 16.2. The Morgan fingerprint density at radius 2 is 1.88 bits per heavy atom. The predicted octanol–water partition coefficient (Wildman–Crippen LogP) is 1.87. The maximum Gasteiger partial charge on any atom is 0.237 e. The molecule has 0 bridgehead atoms. The fourth-order valence-electron chi connectivity index (χ4n) is 2.94. The maximum atomic E-state index is 12.1. The molecule has 1 aromatic carbocycles. The number of benzene rings is 1. The van der Waals surface area contributed by atoms with E-state index in [-0.39, 0.29) is 5.91 Å². The third-order valence-electron chi connectivity index (χ3n) is 4.34. The molecule has 126 valence electrons. The van der Waals surface area contributed by atoms with Crippen molar-refractivity contribution in [2.45, 2.75) is 31.8 Å². The smallest absolute Gasteiger partial charge is 0.237 e. The van der Waals surface area contributed by atoms with E-state index in [0.29, 0.717) is 13.0 Å². The van der Waals surface area contributed by atoms with Crippen LogP contribution < -0.4 is 16.0 Å². The van der Waals surface area contributed by atoms with E-state index in [4.69, 9.17) is 5.73 Å². The Morgan fingerprint density at radius 3 is 2.54 bits per heavy atom. The van der Waals surface area contributed by atoms with E-state index in [2.05, 4.69) is 15.2 Å². The maximum absolute atomic E-state index is 12.1. The molecule has 3 rings (SSSR count).